The van der Waals surface area contributed by atoms with Gasteiger partial charge in [0, 0.05) is 43.1 Å². The molecule has 3 spiro atoms. The van der Waals surface area contributed by atoms with Crippen LogP contribution >= 0.6 is 0 Å². The van der Waals surface area contributed by atoms with Gasteiger partial charge in [-0.15, -0.1) is 0 Å². The quantitative estimate of drug-likeness (QED) is 0.277. The summed E-state index contributed by atoms with van der Waals surface area (Å²) in [5, 5.41) is 24.8. The number of carbonyl (C=O) groups is 3. The van der Waals surface area contributed by atoms with Crippen LogP contribution in [0.3, 0.4) is 0 Å². The van der Waals surface area contributed by atoms with Crippen molar-refractivity contribution in [2.24, 2.45) is 23.7 Å². The molecule has 2 N–H and O–H groups in total. The highest BCUT2D eigenvalue weighted by atomic mass is 16.7. The lowest BCUT2D eigenvalue weighted by Crippen LogP contribution is -2.73. The lowest BCUT2D eigenvalue weighted by Gasteiger charge is -2.56. The highest BCUT2D eigenvalue weighted by molar-refractivity contribution is 5.90. The molecule has 8 aliphatic rings. The van der Waals surface area contributed by atoms with Crippen LogP contribution in [-0.4, -0.2) is 92.8 Å². The van der Waals surface area contributed by atoms with Gasteiger partial charge < -0.3 is 38.6 Å². The second-order valence-electron chi connectivity index (χ2n) is 14.5. The molecule has 7 fully saturated rings. The summed E-state index contributed by atoms with van der Waals surface area (Å²) in [6.07, 6.45) is -1.23. The third-order valence-corrected chi connectivity index (χ3v) is 12.1. The van der Waals surface area contributed by atoms with Crippen molar-refractivity contribution in [3.05, 3.63) is 11.6 Å². The van der Waals surface area contributed by atoms with Crippen LogP contribution in [-0.2, 0) is 42.8 Å². The fourth-order valence-corrected chi connectivity index (χ4v) is 10.9. The number of esters is 3. The first-order valence-corrected chi connectivity index (χ1v) is 14.9. The Morgan fingerprint density at radius 1 is 1.10 bits per heavy atom. The van der Waals surface area contributed by atoms with E-state index >= 15 is 0 Å². The smallest absolute Gasteiger partial charge is 0.334 e. The number of fused-ring (bicyclic) bond motifs is 1. The third-order valence-electron chi connectivity index (χ3n) is 12.1. The van der Waals surface area contributed by atoms with Crippen molar-refractivity contribution < 1.29 is 53.0 Å². The van der Waals surface area contributed by atoms with Gasteiger partial charge in [-0.3, -0.25) is 9.59 Å². The van der Waals surface area contributed by atoms with E-state index in [2.05, 4.69) is 6.92 Å². The van der Waals surface area contributed by atoms with Crippen molar-refractivity contribution in [3.63, 3.8) is 0 Å². The van der Waals surface area contributed by atoms with Gasteiger partial charge in [0.15, 0.2) is 0 Å². The van der Waals surface area contributed by atoms with Gasteiger partial charge in [-0.1, -0.05) is 6.92 Å². The fourth-order valence-electron chi connectivity index (χ4n) is 10.9. The molecular weight excluding hydrogens is 536 g/mol. The van der Waals surface area contributed by atoms with Crippen molar-refractivity contribution in [1.29, 1.82) is 0 Å². The number of carbonyl (C=O) groups excluding carboxylic acids is 3. The van der Waals surface area contributed by atoms with Crippen molar-refractivity contribution in [2.45, 2.75) is 131 Å². The summed E-state index contributed by atoms with van der Waals surface area (Å²) in [5.74, 6) is -2.66. The van der Waals surface area contributed by atoms with Gasteiger partial charge in [0.2, 0.25) is 0 Å². The first-order chi connectivity index (χ1) is 19.2. The predicted molar refractivity (Wildman–Crippen MR) is 136 cm³/mol. The molecule has 14 atom stereocenters. The number of aliphatic hydroxyl groups is 2. The molecule has 0 aromatic rings. The zero-order chi connectivity index (χ0) is 29.1. The van der Waals surface area contributed by atoms with Gasteiger partial charge in [-0.25, -0.2) is 4.79 Å². The summed E-state index contributed by atoms with van der Waals surface area (Å²) in [4.78, 5) is 37.5. The number of ether oxygens (including phenoxy) is 6. The van der Waals surface area contributed by atoms with Crippen LogP contribution < -0.4 is 0 Å². The van der Waals surface area contributed by atoms with Crippen molar-refractivity contribution in [1.82, 2.24) is 0 Å². The Morgan fingerprint density at radius 3 is 2.54 bits per heavy atom. The third kappa shape index (κ3) is 3.00. The Balaban J connectivity index is 1.26. The normalized spacial score (nSPS) is 57.2. The Bertz CT molecular complexity index is 1290. The van der Waals surface area contributed by atoms with E-state index in [0.29, 0.717) is 12.0 Å². The highest BCUT2D eigenvalue weighted by Crippen LogP contribution is 2.76. The first-order valence-electron chi connectivity index (χ1n) is 14.9. The zero-order valence-electron chi connectivity index (χ0n) is 24.0. The molecule has 11 heteroatoms. The Hall–Kier alpha value is -2.05. The molecular formula is C30H38O11. The van der Waals surface area contributed by atoms with E-state index in [9.17, 15) is 24.6 Å². The second kappa shape index (κ2) is 7.72. The average molecular weight is 575 g/mol. The van der Waals surface area contributed by atoms with E-state index in [4.69, 9.17) is 28.4 Å². The molecule has 3 aliphatic carbocycles. The summed E-state index contributed by atoms with van der Waals surface area (Å²) in [7, 11) is 0. The molecule has 5 heterocycles. The second-order valence-corrected chi connectivity index (χ2v) is 14.5. The SMILES string of the molecule is CC(=O)O[C@@H]1C[C@]2(O)C[C@]34OC(=O)C[C@H]3OC(C)(C)[C@@H]4C[C@@H](O)[C@@H]2[C@]23O[C@H]2C[C@@H]2[C@H](C)[C@H]([C@@H]4C=C(C)C(=O)O4)O[C@]213. The topological polar surface area (TPSA) is 150 Å². The van der Waals surface area contributed by atoms with Crippen LogP contribution in [0.2, 0.25) is 0 Å². The van der Waals surface area contributed by atoms with Crippen LogP contribution in [0.5, 0.6) is 0 Å². The Morgan fingerprint density at radius 2 is 1.85 bits per heavy atom. The molecule has 41 heavy (non-hydrogen) atoms. The standard InChI is InChI=1S/C30H38O11/c1-12-6-17(37-25(12)34)23-13(2)15-7-20-30(39-20)24-16(32)8-18-26(4,5)38-19-9-22(33)40-28(18,19)11-27(24,35)10-21(36-14(3)31)29(15,30)41-23/h6,13,15-21,23-24,32,35H,7-11H2,1-5H3/t13-,15+,16+,17-,18-,19+,20-,21+,23+,24-,27-,28+,29+,30+/m0/s1. The molecule has 4 saturated heterocycles. The minimum Gasteiger partial charge on any atom is -0.459 e. The number of aliphatic hydroxyl groups excluding tert-OH is 1. The van der Waals surface area contributed by atoms with Gasteiger partial charge >= 0.3 is 17.9 Å². The van der Waals surface area contributed by atoms with Gasteiger partial charge in [-0.2, -0.15) is 0 Å². The first kappa shape index (κ1) is 26.6. The molecule has 3 saturated carbocycles. The van der Waals surface area contributed by atoms with Gasteiger partial charge in [-0.05, 0) is 45.6 Å². The lowest BCUT2D eigenvalue weighted by molar-refractivity contribution is -0.273. The van der Waals surface area contributed by atoms with E-state index in [-0.39, 0.29) is 61.5 Å². The van der Waals surface area contributed by atoms with Crippen molar-refractivity contribution in [2.75, 3.05) is 0 Å². The van der Waals surface area contributed by atoms with Gasteiger partial charge in [0.1, 0.15) is 41.2 Å². The summed E-state index contributed by atoms with van der Waals surface area (Å²) >= 11 is 0. The van der Waals surface area contributed by atoms with Crippen molar-refractivity contribution in [3.8, 4) is 0 Å². The molecule has 8 rings (SSSR count). The minimum absolute atomic E-state index is 0.0272. The Labute approximate surface area is 237 Å². The van der Waals surface area contributed by atoms with Crippen LogP contribution in [0.15, 0.2) is 11.6 Å². The fraction of sp³-hybridized carbons (Fsp3) is 0.833. The predicted octanol–water partition coefficient (Wildman–Crippen LogP) is 1.11. The van der Waals surface area contributed by atoms with E-state index in [1.54, 1.807) is 13.0 Å². The Kier molecular flexibility index (Phi) is 5.00. The molecule has 224 valence electrons. The molecule has 0 unspecified atom stereocenters. The average Bonchev–Trinajstić information content (AvgIpc) is 3.03. The monoisotopic (exact) mass is 574 g/mol. The van der Waals surface area contributed by atoms with Crippen LogP contribution in [0.25, 0.3) is 0 Å². The number of hydrogen-bond acceptors (Lipinski definition) is 11. The van der Waals surface area contributed by atoms with Gasteiger partial charge in [0.05, 0.1) is 29.8 Å². The van der Waals surface area contributed by atoms with Crippen LogP contribution in [0, 0.1) is 23.7 Å². The van der Waals surface area contributed by atoms with Gasteiger partial charge in [0.25, 0.3) is 0 Å². The molecule has 0 aromatic carbocycles. The molecule has 0 bridgehead atoms. The lowest BCUT2D eigenvalue weighted by atomic mass is 9.55. The number of cyclic esters (lactones) is 1. The number of epoxide rings is 1. The van der Waals surface area contributed by atoms with Crippen LogP contribution in [0.1, 0.15) is 66.7 Å². The van der Waals surface area contributed by atoms with Crippen LogP contribution in [0.4, 0.5) is 0 Å². The maximum absolute atomic E-state index is 12.7. The molecule has 0 amide bonds. The van der Waals surface area contributed by atoms with E-state index in [1.165, 1.54) is 6.92 Å². The largest absolute Gasteiger partial charge is 0.459 e. The van der Waals surface area contributed by atoms with E-state index in [0.717, 1.165) is 0 Å². The molecule has 0 aromatic heterocycles. The number of rotatable bonds is 2. The molecule has 5 aliphatic heterocycles. The number of hydrogen-bond donors (Lipinski definition) is 2. The minimum atomic E-state index is -1.61. The maximum atomic E-state index is 12.7. The summed E-state index contributed by atoms with van der Waals surface area (Å²) in [6.45, 7) is 8.96. The summed E-state index contributed by atoms with van der Waals surface area (Å²) in [5.41, 5.74) is -5.22. The molecule has 11 nitrogen and oxygen atoms in total. The van der Waals surface area contributed by atoms with E-state index < -0.39 is 70.4 Å². The highest BCUT2D eigenvalue weighted by Gasteiger charge is 2.91. The van der Waals surface area contributed by atoms with Crippen molar-refractivity contribution >= 4 is 17.9 Å². The summed E-state index contributed by atoms with van der Waals surface area (Å²) in [6, 6.07) is 0. The maximum Gasteiger partial charge on any atom is 0.334 e. The zero-order valence-corrected chi connectivity index (χ0v) is 24.0. The summed E-state index contributed by atoms with van der Waals surface area (Å²) < 4.78 is 37.6. The molecule has 0 radical (unpaired) electrons. The van der Waals surface area contributed by atoms with E-state index in [1.807, 2.05) is 13.8 Å².